The third-order valence-electron chi connectivity index (χ3n) is 3.82. The van der Waals surface area contributed by atoms with Crippen LogP contribution in [-0.4, -0.2) is 28.3 Å². The van der Waals surface area contributed by atoms with E-state index in [-0.39, 0.29) is 5.91 Å². The Kier molecular flexibility index (Phi) is 3.16. The van der Waals surface area contributed by atoms with E-state index in [1.54, 1.807) is 9.58 Å². The molecule has 0 atom stereocenters. The molecule has 0 bridgehead atoms. The van der Waals surface area contributed by atoms with Crippen LogP contribution in [0, 0.1) is 0 Å². The first kappa shape index (κ1) is 13.6. The molecule has 2 heterocycles. The van der Waals surface area contributed by atoms with Gasteiger partial charge in [-0.25, -0.2) is 4.79 Å². The van der Waals surface area contributed by atoms with E-state index < -0.39 is 6.03 Å². The third-order valence-corrected chi connectivity index (χ3v) is 3.82. The molecule has 2 aromatic rings. The normalized spacial score (nSPS) is 15.9. The fourth-order valence-corrected chi connectivity index (χ4v) is 2.75. The highest BCUT2D eigenvalue weighted by atomic mass is 16.2. The molecule has 110 valence electrons. The van der Waals surface area contributed by atoms with Crippen LogP contribution in [-0.2, 0) is 11.8 Å². The third kappa shape index (κ3) is 2.16. The smallest absolute Gasteiger partial charge is 0.278 e. The highest BCUT2D eigenvalue weighted by molar-refractivity contribution is 6.09. The largest absolute Gasteiger partial charge is 0.329 e. The molecular weight excluding hydrogens is 268 g/mol. The van der Waals surface area contributed by atoms with E-state index >= 15 is 0 Å². The van der Waals surface area contributed by atoms with Gasteiger partial charge >= 0.3 is 6.03 Å². The van der Waals surface area contributed by atoms with E-state index in [2.05, 4.69) is 30.3 Å². The molecule has 3 amide bonds. The summed E-state index contributed by atoms with van der Waals surface area (Å²) in [6, 6.07) is 5.66. The van der Waals surface area contributed by atoms with Gasteiger partial charge in [0.2, 0.25) is 5.91 Å². The Morgan fingerprint density at radius 2 is 2.05 bits per heavy atom. The molecule has 1 saturated heterocycles. The topological polar surface area (TPSA) is 67.2 Å². The van der Waals surface area contributed by atoms with Gasteiger partial charge in [-0.1, -0.05) is 26.0 Å². The quantitative estimate of drug-likeness (QED) is 0.919. The van der Waals surface area contributed by atoms with Crippen molar-refractivity contribution in [2.45, 2.75) is 26.2 Å². The van der Waals surface area contributed by atoms with Gasteiger partial charge in [0, 0.05) is 25.4 Å². The minimum absolute atomic E-state index is 0.236. The lowest BCUT2D eigenvalue weighted by molar-refractivity contribution is -0.120. The predicted molar refractivity (Wildman–Crippen MR) is 80.3 cm³/mol. The Hall–Kier alpha value is -2.37. The van der Waals surface area contributed by atoms with Crippen LogP contribution in [0.25, 0.3) is 10.9 Å². The molecule has 1 aromatic heterocycles. The zero-order valence-electron chi connectivity index (χ0n) is 12.4. The summed E-state index contributed by atoms with van der Waals surface area (Å²) in [6.45, 7) is 4.60. The number of anilines is 1. The monoisotopic (exact) mass is 286 g/mol. The number of carbonyl (C=O) groups excluding carboxylic acids is 2. The number of fused-ring (bicyclic) bond motifs is 1. The van der Waals surface area contributed by atoms with Gasteiger partial charge in [0.15, 0.2) is 5.82 Å². The summed E-state index contributed by atoms with van der Waals surface area (Å²) in [7, 11) is 1.86. The zero-order chi connectivity index (χ0) is 15.1. The van der Waals surface area contributed by atoms with Crippen LogP contribution in [0.5, 0.6) is 0 Å². The van der Waals surface area contributed by atoms with Crippen molar-refractivity contribution in [3.63, 3.8) is 0 Å². The summed E-state index contributed by atoms with van der Waals surface area (Å²) >= 11 is 0. The van der Waals surface area contributed by atoms with Crippen LogP contribution in [0.15, 0.2) is 18.2 Å². The summed E-state index contributed by atoms with van der Waals surface area (Å²) in [5.74, 6) is 0.716. The molecular formula is C15H18N4O2. The molecule has 0 radical (unpaired) electrons. The van der Waals surface area contributed by atoms with Crippen LogP contribution in [0.3, 0.4) is 0 Å². The minimum Gasteiger partial charge on any atom is -0.278 e. The number of aryl methyl sites for hydroxylation is 1. The molecule has 1 aromatic carbocycles. The van der Waals surface area contributed by atoms with Crippen molar-refractivity contribution in [1.82, 2.24) is 15.1 Å². The van der Waals surface area contributed by atoms with Crippen LogP contribution < -0.4 is 10.2 Å². The summed E-state index contributed by atoms with van der Waals surface area (Å²) in [5.41, 5.74) is 2.14. The number of hydrogen-bond acceptors (Lipinski definition) is 3. The summed E-state index contributed by atoms with van der Waals surface area (Å²) in [6.07, 6.45) is 0.299. The van der Waals surface area contributed by atoms with Gasteiger partial charge in [-0.3, -0.25) is 19.7 Å². The van der Waals surface area contributed by atoms with E-state index in [1.807, 2.05) is 19.2 Å². The highest BCUT2D eigenvalue weighted by Crippen LogP contribution is 2.33. The molecule has 21 heavy (non-hydrogen) atoms. The lowest BCUT2D eigenvalue weighted by Crippen LogP contribution is -2.49. The number of nitrogens with one attached hydrogen (secondary N) is 1. The molecule has 6 heteroatoms. The zero-order valence-corrected chi connectivity index (χ0v) is 12.4. The van der Waals surface area contributed by atoms with E-state index in [9.17, 15) is 9.59 Å². The van der Waals surface area contributed by atoms with Crippen molar-refractivity contribution in [2.75, 3.05) is 11.4 Å². The lowest BCUT2D eigenvalue weighted by atomic mass is 9.98. The predicted octanol–water partition coefficient (Wildman–Crippen LogP) is 2.14. The number of urea groups is 1. The lowest BCUT2D eigenvalue weighted by Gasteiger charge is -2.25. The Morgan fingerprint density at radius 3 is 2.71 bits per heavy atom. The van der Waals surface area contributed by atoms with Crippen LogP contribution in [0.4, 0.5) is 10.6 Å². The number of nitrogens with zero attached hydrogens (tertiary/aromatic N) is 3. The number of aromatic nitrogens is 2. The molecule has 0 aliphatic carbocycles. The molecule has 3 rings (SSSR count). The van der Waals surface area contributed by atoms with Gasteiger partial charge < -0.3 is 0 Å². The number of imide groups is 1. The maximum Gasteiger partial charge on any atom is 0.329 e. The fourth-order valence-electron chi connectivity index (χ4n) is 2.75. The molecule has 1 aliphatic rings. The Labute approximate surface area is 122 Å². The fraction of sp³-hybridized carbons (Fsp3) is 0.400. The number of amides is 3. The second-order valence-corrected chi connectivity index (χ2v) is 5.60. The Balaban J connectivity index is 2.19. The summed E-state index contributed by atoms with van der Waals surface area (Å²) in [4.78, 5) is 24.9. The van der Waals surface area contributed by atoms with Crippen molar-refractivity contribution < 1.29 is 9.59 Å². The van der Waals surface area contributed by atoms with Gasteiger partial charge in [0.05, 0.1) is 5.52 Å². The number of hydrogen-bond donors (Lipinski definition) is 1. The molecule has 1 fully saturated rings. The van der Waals surface area contributed by atoms with Gasteiger partial charge in [0.25, 0.3) is 0 Å². The van der Waals surface area contributed by atoms with E-state index in [1.165, 1.54) is 0 Å². The second-order valence-electron chi connectivity index (χ2n) is 5.60. The van der Waals surface area contributed by atoms with Crippen LogP contribution >= 0.6 is 0 Å². The molecule has 1 aliphatic heterocycles. The first-order valence-corrected chi connectivity index (χ1v) is 7.06. The molecule has 0 unspecified atom stereocenters. The van der Waals surface area contributed by atoms with Crippen molar-refractivity contribution in [2.24, 2.45) is 7.05 Å². The molecule has 0 saturated carbocycles. The van der Waals surface area contributed by atoms with Gasteiger partial charge in [-0.2, -0.15) is 5.10 Å². The van der Waals surface area contributed by atoms with Gasteiger partial charge in [-0.05, 0) is 17.5 Å². The maximum atomic E-state index is 12.1. The van der Waals surface area contributed by atoms with Crippen molar-refractivity contribution in [3.05, 3.63) is 23.8 Å². The van der Waals surface area contributed by atoms with Crippen LogP contribution in [0.2, 0.25) is 0 Å². The SMILES string of the molecule is CC(C)c1cccc2c1c(N1CCC(=O)NC1=O)nn2C. The standard InChI is InChI=1S/C15H18N4O2/c1-9(2)10-5-4-6-11-13(10)14(17-18(11)3)19-8-7-12(20)16-15(19)21/h4-6,9H,7-8H2,1-3H3,(H,16,20,21). The maximum absolute atomic E-state index is 12.1. The number of carbonyl (C=O) groups is 2. The van der Waals surface area contributed by atoms with E-state index in [0.717, 1.165) is 16.5 Å². The highest BCUT2D eigenvalue weighted by Gasteiger charge is 2.29. The first-order valence-electron chi connectivity index (χ1n) is 7.06. The Morgan fingerprint density at radius 1 is 1.29 bits per heavy atom. The molecule has 6 nitrogen and oxygen atoms in total. The average molecular weight is 286 g/mol. The second kappa shape index (κ2) is 4.87. The Bertz CT molecular complexity index is 733. The van der Waals surface area contributed by atoms with Crippen LogP contribution in [0.1, 0.15) is 31.7 Å². The number of benzene rings is 1. The average Bonchev–Trinajstić information content (AvgIpc) is 2.76. The van der Waals surface area contributed by atoms with Crippen molar-refractivity contribution >= 4 is 28.7 Å². The number of rotatable bonds is 2. The van der Waals surface area contributed by atoms with Crippen molar-refractivity contribution in [3.8, 4) is 0 Å². The molecule has 1 N–H and O–H groups in total. The van der Waals surface area contributed by atoms with Gasteiger partial charge in [0.1, 0.15) is 0 Å². The summed E-state index contributed by atoms with van der Waals surface area (Å²) < 4.78 is 1.78. The molecule has 0 spiro atoms. The van der Waals surface area contributed by atoms with Gasteiger partial charge in [-0.15, -0.1) is 0 Å². The van der Waals surface area contributed by atoms with Crippen molar-refractivity contribution in [1.29, 1.82) is 0 Å². The van der Waals surface area contributed by atoms with E-state index in [4.69, 9.17) is 0 Å². The van der Waals surface area contributed by atoms with E-state index in [0.29, 0.717) is 24.7 Å². The summed E-state index contributed by atoms with van der Waals surface area (Å²) in [5, 5.41) is 7.84. The minimum atomic E-state index is -0.398. The first-order chi connectivity index (χ1) is 9.99.